The predicted octanol–water partition coefficient (Wildman–Crippen LogP) is 2.86. The van der Waals surface area contributed by atoms with Gasteiger partial charge in [0.1, 0.15) is 24.1 Å². The normalized spacial score (nSPS) is 16.2. The van der Waals surface area contributed by atoms with Gasteiger partial charge in [-0.1, -0.05) is 12.1 Å². The topological polar surface area (TPSA) is 99.8 Å². The number of nitrogens with zero attached hydrogens (tertiary/aromatic N) is 2. The van der Waals surface area contributed by atoms with E-state index in [-0.39, 0.29) is 23.5 Å². The van der Waals surface area contributed by atoms with E-state index in [2.05, 4.69) is 15.7 Å². The van der Waals surface area contributed by atoms with Gasteiger partial charge in [0.15, 0.2) is 0 Å². The van der Waals surface area contributed by atoms with Crippen LogP contribution in [-0.2, 0) is 9.59 Å². The Kier molecular flexibility index (Phi) is 5.90. The van der Waals surface area contributed by atoms with Crippen LogP contribution in [0, 0.1) is 5.82 Å². The highest BCUT2D eigenvalue weighted by Gasteiger charge is 2.35. The number of nitrogens with two attached hydrogens (primary N) is 1. The Hall–Kier alpha value is -3.63. The van der Waals surface area contributed by atoms with Crippen molar-refractivity contribution in [3.63, 3.8) is 0 Å². The summed E-state index contributed by atoms with van der Waals surface area (Å²) in [5.74, 6) is -1.93. The van der Waals surface area contributed by atoms with Gasteiger partial charge in [-0.15, -0.1) is 0 Å². The van der Waals surface area contributed by atoms with Crippen LogP contribution < -0.4 is 21.4 Å². The van der Waals surface area contributed by atoms with Crippen LogP contribution in [0.5, 0.6) is 0 Å². The Labute approximate surface area is 168 Å². The van der Waals surface area contributed by atoms with Crippen molar-refractivity contribution in [2.75, 3.05) is 22.2 Å². The third kappa shape index (κ3) is 5.04. The summed E-state index contributed by atoms with van der Waals surface area (Å²) in [7, 11) is 0. The zero-order valence-corrected chi connectivity index (χ0v) is 15.4. The fraction of sp³-hybridized carbons (Fsp3) is 0.211. The Bertz CT molecular complexity index is 976. The van der Waals surface area contributed by atoms with E-state index in [0.29, 0.717) is 5.69 Å². The molecule has 2 aromatic carbocycles. The molecular weight excluding hydrogens is 406 g/mol. The van der Waals surface area contributed by atoms with Crippen molar-refractivity contribution in [1.82, 2.24) is 0 Å². The van der Waals surface area contributed by atoms with Crippen LogP contribution in [0.1, 0.15) is 6.42 Å². The lowest BCUT2D eigenvalue weighted by Crippen LogP contribution is -2.39. The molecule has 0 saturated carbocycles. The molecule has 2 amide bonds. The zero-order valence-electron chi connectivity index (χ0n) is 15.4. The van der Waals surface area contributed by atoms with Gasteiger partial charge in [-0.3, -0.25) is 14.6 Å². The van der Waals surface area contributed by atoms with E-state index >= 15 is 0 Å². The number of hydrazone groups is 1. The highest BCUT2D eigenvalue weighted by molar-refractivity contribution is 6.44. The summed E-state index contributed by atoms with van der Waals surface area (Å²) in [6.45, 7) is -1.27. The molecule has 1 heterocycles. The minimum atomic E-state index is -4.43. The molecule has 4 N–H and O–H groups in total. The number of benzene rings is 2. The monoisotopic (exact) mass is 423 g/mol. The standard InChI is InChI=1S/C19H17F4N5O2/c20-11-5-7-12(8-6-11)28-16(17(24)29)9-15(27-28)18(30)26-14-4-2-1-3-13(14)25-10-19(21,22)23/h1-8,16,25H,9-10H2,(H2,24,29)(H,26,30). The number of para-hydroxylation sites is 2. The number of amides is 2. The second kappa shape index (κ2) is 8.39. The van der Waals surface area contributed by atoms with Crippen molar-refractivity contribution in [3.8, 4) is 0 Å². The van der Waals surface area contributed by atoms with Crippen molar-refractivity contribution in [2.24, 2.45) is 10.8 Å². The number of alkyl halides is 3. The van der Waals surface area contributed by atoms with Gasteiger partial charge in [0.25, 0.3) is 5.91 Å². The summed E-state index contributed by atoms with van der Waals surface area (Å²) in [6, 6.07) is 10.0. The molecule has 0 aromatic heterocycles. The average molecular weight is 423 g/mol. The number of nitrogens with one attached hydrogen (secondary N) is 2. The minimum absolute atomic E-state index is 0.0475. The first-order chi connectivity index (χ1) is 14.1. The molecule has 0 saturated heterocycles. The molecule has 0 bridgehead atoms. The molecule has 11 heteroatoms. The maximum absolute atomic E-state index is 13.2. The molecule has 30 heavy (non-hydrogen) atoms. The number of rotatable bonds is 6. The average Bonchev–Trinajstić information content (AvgIpc) is 3.13. The summed E-state index contributed by atoms with van der Waals surface area (Å²) in [5, 5.41) is 10.0. The second-order valence-electron chi connectivity index (χ2n) is 6.46. The van der Waals surface area contributed by atoms with E-state index in [9.17, 15) is 27.2 Å². The third-order valence-corrected chi connectivity index (χ3v) is 4.25. The first-order valence-corrected chi connectivity index (χ1v) is 8.76. The summed E-state index contributed by atoms with van der Waals surface area (Å²) < 4.78 is 50.6. The maximum atomic E-state index is 13.2. The number of carbonyl (C=O) groups is 2. The van der Waals surface area contributed by atoms with E-state index in [1.54, 1.807) is 6.07 Å². The second-order valence-corrected chi connectivity index (χ2v) is 6.46. The van der Waals surface area contributed by atoms with Crippen LogP contribution in [-0.4, -0.2) is 36.3 Å². The largest absolute Gasteiger partial charge is 0.405 e. The molecule has 1 aliphatic heterocycles. The van der Waals surface area contributed by atoms with E-state index in [1.165, 1.54) is 47.5 Å². The lowest BCUT2D eigenvalue weighted by Gasteiger charge is -2.20. The highest BCUT2D eigenvalue weighted by atomic mass is 19.4. The summed E-state index contributed by atoms with van der Waals surface area (Å²) in [4.78, 5) is 24.4. The molecule has 2 aromatic rings. The molecule has 0 spiro atoms. The van der Waals surface area contributed by atoms with Crippen molar-refractivity contribution in [2.45, 2.75) is 18.6 Å². The number of carbonyl (C=O) groups excluding carboxylic acids is 2. The maximum Gasteiger partial charge on any atom is 0.405 e. The fourth-order valence-electron chi connectivity index (χ4n) is 2.84. The van der Waals surface area contributed by atoms with Gasteiger partial charge in [0.2, 0.25) is 5.91 Å². The van der Waals surface area contributed by atoms with E-state index in [4.69, 9.17) is 5.73 Å². The van der Waals surface area contributed by atoms with E-state index in [1.807, 2.05) is 0 Å². The number of hydrogen-bond donors (Lipinski definition) is 3. The first-order valence-electron chi connectivity index (χ1n) is 8.76. The molecule has 0 radical (unpaired) electrons. The van der Waals surface area contributed by atoms with Crippen molar-refractivity contribution in [1.29, 1.82) is 0 Å². The molecular formula is C19H17F4N5O2. The molecule has 1 aliphatic rings. The van der Waals surface area contributed by atoms with Gasteiger partial charge >= 0.3 is 6.18 Å². The van der Waals surface area contributed by atoms with Crippen LogP contribution in [0.25, 0.3) is 0 Å². The smallest absolute Gasteiger partial charge is 0.375 e. The molecule has 1 atom stereocenters. The molecule has 158 valence electrons. The Morgan fingerprint density at radius 1 is 1.10 bits per heavy atom. The molecule has 1 unspecified atom stereocenters. The summed E-state index contributed by atoms with van der Waals surface area (Å²) >= 11 is 0. The van der Waals surface area contributed by atoms with Crippen LogP contribution in [0.15, 0.2) is 53.6 Å². The first kappa shape index (κ1) is 21.1. The van der Waals surface area contributed by atoms with Crippen LogP contribution in [0.3, 0.4) is 0 Å². The molecule has 0 fully saturated rings. The van der Waals surface area contributed by atoms with Crippen molar-refractivity contribution >= 4 is 34.6 Å². The fourth-order valence-corrected chi connectivity index (χ4v) is 2.84. The van der Waals surface area contributed by atoms with Gasteiger partial charge in [0, 0.05) is 6.42 Å². The zero-order chi connectivity index (χ0) is 21.9. The number of halogens is 4. The van der Waals surface area contributed by atoms with Gasteiger partial charge < -0.3 is 16.4 Å². The molecule has 7 nitrogen and oxygen atoms in total. The SMILES string of the molecule is NC(=O)C1CC(C(=O)Nc2ccccc2NCC(F)(F)F)=NN1c1ccc(F)cc1. The summed E-state index contributed by atoms with van der Waals surface area (Å²) in [6.07, 6.45) is -4.55. The van der Waals surface area contributed by atoms with Crippen LogP contribution in [0.4, 0.5) is 34.6 Å². The number of primary amides is 1. The quantitative estimate of drug-likeness (QED) is 0.622. The Morgan fingerprint density at radius 2 is 1.73 bits per heavy atom. The van der Waals surface area contributed by atoms with Gasteiger partial charge in [-0.2, -0.15) is 18.3 Å². The number of anilines is 3. The van der Waals surface area contributed by atoms with Gasteiger partial charge in [-0.05, 0) is 36.4 Å². The lowest BCUT2D eigenvalue weighted by atomic mass is 10.1. The van der Waals surface area contributed by atoms with Crippen molar-refractivity contribution in [3.05, 3.63) is 54.3 Å². The Balaban J connectivity index is 1.79. The van der Waals surface area contributed by atoms with Crippen LogP contribution in [0.2, 0.25) is 0 Å². The highest BCUT2D eigenvalue weighted by Crippen LogP contribution is 2.27. The van der Waals surface area contributed by atoms with Gasteiger partial charge in [0.05, 0.1) is 17.1 Å². The Morgan fingerprint density at radius 3 is 2.33 bits per heavy atom. The molecule has 0 aliphatic carbocycles. The lowest BCUT2D eigenvalue weighted by molar-refractivity contribution is -0.119. The van der Waals surface area contributed by atoms with Crippen molar-refractivity contribution < 1.29 is 27.2 Å². The predicted molar refractivity (Wildman–Crippen MR) is 104 cm³/mol. The molecule has 3 rings (SSSR count). The van der Waals surface area contributed by atoms with E-state index in [0.717, 1.165) is 0 Å². The van der Waals surface area contributed by atoms with E-state index < -0.39 is 36.4 Å². The number of hydrogen-bond acceptors (Lipinski definition) is 5. The third-order valence-electron chi connectivity index (χ3n) is 4.25. The van der Waals surface area contributed by atoms with Crippen LogP contribution >= 0.6 is 0 Å². The van der Waals surface area contributed by atoms with Gasteiger partial charge in [-0.25, -0.2) is 4.39 Å². The minimum Gasteiger partial charge on any atom is -0.375 e. The summed E-state index contributed by atoms with van der Waals surface area (Å²) in [5.41, 5.74) is 5.90.